The van der Waals surface area contributed by atoms with Crippen LogP contribution < -0.4 is 15.5 Å². The number of anilines is 1. The fourth-order valence-corrected chi connectivity index (χ4v) is 2.22. The Balaban J connectivity index is 2.03. The van der Waals surface area contributed by atoms with E-state index in [9.17, 15) is 8.78 Å². The minimum atomic E-state index is -2.97. The molecule has 0 saturated heterocycles. The zero-order chi connectivity index (χ0) is 17.6. The molecule has 0 radical (unpaired) electrons. The Morgan fingerprint density at radius 2 is 1.83 bits per heavy atom. The molecular weight excluding hydrogens is 332 g/mol. The quantitative estimate of drug-likeness (QED) is 0.484. The lowest BCUT2D eigenvalue weighted by atomic mass is 10.1. The van der Waals surface area contributed by atoms with Crippen LogP contribution in [0.25, 0.3) is 0 Å². The highest BCUT2D eigenvalue weighted by Gasteiger charge is 2.27. The number of alkyl halides is 2. The maximum Gasteiger partial charge on any atom is 0.272 e. The van der Waals surface area contributed by atoms with Crippen LogP contribution in [-0.2, 0) is 5.92 Å². The molecule has 126 valence electrons. The van der Waals surface area contributed by atoms with E-state index < -0.39 is 5.92 Å². The van der Waals surface area contributed by atoms with E-state index in [0.717, 1.165) is 12.5 Å². The number of hydrogen-bond donors (Lipinski definition) is 2. The molecule has 0 aliphatic rings. The van der Waals surface area contributed by atoms with Crippen LogP contribution in [0.4, 0.5) is 14.5 Å². The lowest BCUT2D eigenvalue weighted by molar-refractivity contribution is 0.0183. The second kappa shape index (κ2) is 7.83. The van der Waals surface area contributed by atoms with Gasteiger partial charge in [-0.25, -0.2) is 8.78 Å². The maximum atomic E-state index is 13.6. The molecule has 0 aromatic heterocycles. The van der Waals surface area contributed by atoms with Gasteiger partial charge in [-0.05, 0) is 30.4 Å². The van der Waals surface area contributed by atoms with Crippen LogP contribution in [0.15, 0.2) is 53.6 Å². The molecule has 0 spiro atoms. The number of nitrogens with one attached hydrogen (secondary N) is 2. The van der Waals surface area contributed by atoms with Crippen LogP contribution >= 0.6 is 12.2 Å². The van der Waals surface area contributed by atoms with Gasteiger partial charge in [-0.15, -0.1) is 0 Å². The number of ether oxygens (including phenoxy) is 1. The van der Waals surface area contributed by atoms with Gasteiger partial charge in [-0.1, -0.05) is 30.3 Å². The number of rotatable bonds is 5. The normalized spacial score (nSPS) is 11.3. The van der Waals surface area contributed by atoms with Crippen LogP contribution in [0.3, 0.4) is 0 Å². The van der Waals surface area contributed by atoms with E-state index in [2.05, 4.69) is 15.8 Å². The van der Waals surface area contributed by atoms with E-state index >= 15 is 0 Å². The summed E-state index contributed by atoms with van der Waals surface area (Å²) in [5.41, 5.74) is 3.45. The summed E-state index contributed by atoms with van der Waals surface area (Å²) in [5, 5.41) is 6.83. The van der Waals surface area contributed by atoms with E-state index in [4.69, 9.17) is 17.0 Å². The number of halogens is 2. The molecule has 0 heterocycles. The summed E-state index contributed by atoms with van der Waals surface area (Å²) in [7, 11) is 1.56. The van der Waals surface area contributed by atoms with Crippen LogP contribution in [0.5, 0.6) is 5.75 Å². The first-order valence-electron chi connectivity index (χ1n) is 7.12. The second-order valence-electron chi connectivity index (χ2n) is 5.00. The summed E-state index contributed by atoms with van der Waals surface area (Å²) in [6.45, 7) is 0.837. The van der Waals surface area contributed by atoms with Gasteiger partial charge in [0, 0.05) is 23.7 Å². The number of methoxy groups -OCH3 is 1. The molecule has 0 saturated carbocycles. The van der Waals surface area contributed by atoms with Crippen molar-refractivity contribution in [3.8, 4) is 5.75 Å². The molecule has 2 aromatic carbocycles. The van der Waals surface area contributed by atoms with Crippen molar-refractivity contribution in [3.05, 3.63) is 59.7 Å². The molecule has 2 aromatic rings. The molecule has 7 heteroatoms. The summed E-state index contributed by atoms with van der Waals surface area (Å²) < 4.78 is 32.4. The Bertz CT molecular complexity index is 745. The van der Waals surface area contributed by atoms with Crippen molar-refractivity contribution in [2.45, 2.75) is 12.8 Å². The lowest BCUT2D eigenvalue weighted by Crippen LogP contribution is -2.25. The van der Waals surface area contributed by atoms with E-state index in [1.54, 1.807) is 25.3 Å². The van der Waals surface area contributed by atoms with Gasteiger partial charge in [-0.3, -0.25) is 5.43 Å². The SMILES string of the molecule is COc1ccccc1/C=N/NC(=S)Nc1ccccc1C(C)(F)F. The standard InChI is InChI=1S/C17H17F2N3OS/c1-17(18,19)13-8-4-5-9-14(13)21-16(24)22-20-11-12-7-3-6-10-15(12)23-2/h3-11H,1-2H3,(H2,21,22,24)/b20-11+. The molecule has 2 rings (SSSR count). The number of hydrazone groups is 1. The Morgan fingerprint density at radius 1 is 1.17 bits per heavy atom. The lowest BCUT2D eigenvalue weighted by Gasteiger charge is -2.16. The van der Waals surface area contributed by atoms with Gasteiger partial charge >= 0.3 is 0 Å². The number of hydrogen-bond acceptors (Lipinski definition) is 3. The molecule has 24 heavy (non-hydrogen) atoms. The summed E-state index contributed by atoms with van der Waals surface area (Å²) in [5.74, 6) is -2.31. The van der Waals surface area contributed by atoms with Gasteiger partial charge in [-0.2, -0.15) is 5.10 Å². The number of benzene rings is 2. The molecule has 0 aliphatic carbocycles. The van der Waals surface area contributed by atoms with E-state index in [-0.39, 0.29) is 16.4 Å². The molecule has 0 bridgehead atoms. The number of para-hydroxylation sites is 2. The monoisotopic (exact) mass is 349 g/mol. The van der Waals surface area contributed by atoms with Crippen molar-refractivity contribution in [1.29, 1.82) is 0 Å². The van der Waals surface area contributed by atoms with Crippen molar-refractivity contribution in [2.24, 2.45) is 5.10 Å². The molecule has 2 N–H and O–H groups in total. The maximum absolute atomic E-state index is 13.6. The predicted octanol–water partition coefficient (Wildman–Crippen LogP) is 4.13. The van der Waals surface area contributed by atoms with E-state index in [1.807, 2.05) is 18.2 Å². The summed E-state index contributed by atoms with van der Waals surface area (Å²) >= 11 is 5.08. The predicted molar refractivity (Wildman–Crippen MR) is 96.0 cm³/mol. The number of nitrogens with zero attached hydrogens (tertiary/aromatic N) is 1. The van der Waals surface area contributed by atoms with Gasteiger partial charge in [0.15, 0.2) is 5.11 Å². The first kappa shape index (κ1) is 17.8. The van der Waals surface area contributed by atoms with Crippen molar-refractivity contribution in [3.63, 3.8) is 0 Å². The van der Waals surface area contributed by atoms with Crippen molar-refractivity contribution >= 4 is 29.2 Å². The molecule has 0 fully saturated rings. The Morgan fingerprint density at radius 3 is 2.54 bits per heavy atom. The summed E-state index contributed by atoms with van der Waals surface area (Å²) in [6, 6.07) is 13.4. The average molecular weight is 349 g/mol. The van der Waals surface area contributed by atoms with Crippen molar-refractivity contribution in [2.75, 3.05) is 12.4 Å². The average Bonchev–Trinajstić information content (AvgIpc) is 2.55. The van der Waals surface area contributed by atoms with Crippen molar-refractivity contribution < 1.29 is 13.5 Å². The molecule has 0 amide bonds. The molecule has 0 atom stereocenters. The molecule has 4 nitrogen and oxygen atoms in total. The third-order valence-corrected chi connectivity index (χ3v) is 3.35. The zero-order valence-electron chi connectivity index (χ0n) is 13.2. The van der Waals surface area contributed by atoms with Crippen LogP contribution in [0, 0.1) is 0 Å². The highest BCUT2D eigenvalue weighted by molar-refractivity contribution is 7.80. The largest absolute Gasteiger partial charge is 0.496 e. The van der Waals surface area contributed by atoms with Gasteiger partial charge < -0.3 is 10.1 Å². The van der Waals surface area contributed by atoms with Gasteiger partial charge in [0.1, 0.15) is 5.75 Å². The van der Waals surface area contributed by atoms with Gasteiger partial charge in [0.25, 0.3) is 5.92 Å². The fourth-order valence-electron chi connectivity index (χ4n) is 2.06. The van der Waals surface area contributed by atoms with Crippen LogP contribution in [-0.4, -0.2) is 18.4 Å². The first-order chi connectivity index (χ1) is 11.4. The third-order valence-electron chi connectivity index (χ3n) is 3.16. The van der Waals surface area contributed by atoms with E-state index in [0.29, 0.717) is 5.75 Å². The Labute approximate surface area is 144 Å². The smallest absolute Gasteiger partial charge is 0.272 e. The highest BCUT2D eigenvalue weighted by atomic mass is 32.1. The molecule has 0 unspecified atom stereocenters. The highest BCUT2D eigenvalue weighted by Crippen LogP contribution is 2.32. The Kier molecular flexibility index (Phi) is 5.81. The van der Waals surface area contributed by atoms with E-state index in [1.165, 1.54) is 18.3 Å². The van der Waals surface area contributed by atoms with Crippen LogP contribution in [0.1, 0.15) is 18.1 Å². The van der Waals surface area contributed by atoms with Crippen molar-refractivity contribution in [1.82, 2.24) is 5.43 Å². The Hall–Kier alpha value is -2.54. The minimum absolute atomic E-state index is 0.109. The zero-order valence-corrected chi connectivity index (χ0v) is 14.0. The molecule has 0 aliphatic heterocycles. The third kappa shape index (κ3) is 4.73. The number of thiocarbonyl (C=S) groups is 1. The summed E-state index contributed by atoms with van der Waals surface area (Å²) in [4.78, 5) is 0. The fraction of sp³-hybridized carbons (Fsp3) is 0.176. The topological polar surface area (TPSA) is 45.6 Å². The first-order valence-corrected chi connectivity index (χ1v) is 7.53. The minimum Gasteiger partial charge on any atom is -0.496 e. The van der Waals surface area contributed by atoms with Crippen LogP contribution in [0.2, 0.25) is 0 Å². The van der Waals surface area contributed by atoms with Gasteiger partial charge in [0.05, 0.1) is 13.3 Å². The second-order valence-corrected chi connectivity index (χ2v) is 5.41. The molecular formula is C17H17F2N3OS. The van der Waals surface area contributed by atoms with Gasteiger partial charge in [0.2, 0.25) is 0 Å². The summed E-state index contributed by atoms with van der Waals surface area (Å²) in [6.07, 6.45) is 1.53.